The lowest BCUT2D eigenvalue weighted by molar-refractivity contribution is 0.0274. The van der Waals surface area contributed by atoms with Crippen molar-refractivity contribution in [1.82, 2.24) is 9.13 Å². The Morgan fingerprint density at radius 1 is 0.816 bits per heavy atom. The van der Waals surface area contributed by atoms with E-state index in [1.807, 2.05) is 37.4 Å². The fourth-order valence-corrected chi connectivity index (χ4v) is 8.71. The van der Waals surface area contributed by atoms with Crippen LogP contribution in [-0.4, -0.2) is 39.4 Å². The lowest BCUT2D eigenvalue weighted by Gasteiger charge is -2.25. The van der Waals surface area contributed by atoms with Crippen LogP contribution in [0.4, 0.5) is 0 Å². The maximum Gasteiger partial charge on any atom is 0.348 e. The van der Waals surface area contributed by atoms with Gasteiger partial charge in [-0.3, -0.25) is 0 Å². The molecule has 6 aromatic rings. The van der Waals surface area contributed by atoms with Gasteiger partial charge >= 0.3 is 11.9 Å². The number of aromatic carboxylic acids is 1. The minimum Gasteiger partial charge on any atom is -0.496 e. The normalized spacial score (nSPS) is 15.3. The summed E-state index contributed by atoms with van der Waals surface area (Å²) in [5.74, 6) is -0.675. The molecular weight excluding hydrogens is 633 g/mol. The number of carboxylic acid groups (broad SMARTS) is 1. The second-order valence-electron chi connectivity index (χ2n) is 12.6. The number of ether oxygens (including phenoxy) is 2. The number of aromatic nitrogens is 2. The first-order valence-electron chi connectivity index (χ1n) is 17.4. The molecule has 0 saturated carbocycles. The molecule has 0 spiro atoms. The van der Waals surface area contributed by atoms with Gasteiger partial charge in [-0.15, -0.1) is 11.3 Å². The molecule has 7 nitrogen and oxygen atoms in total. The van der Waals surface area contributed by atoms with Gasteiger partial charge in [0.15, 0.2) is 0 Å². The van der Waals surface area contributed by atoms with Gasteiger partial charge in [0.05, 0.1) is 19.2 Å². The minimum atomic E-state index is -0.978. The van der Waals surface area contributed by atoms with Crippen LogP contribution in [0.2, 0.25) is 0 Å². The molecule has 0 radical (unpaired) electrons. The highest BCUT2D eigenvalue weighted by molar-refractivity contribution is 7.12. The Balaban J connectivity index is 0.00000186. The molecule has 252 valence electrons. The number of thiophene rings is 1. The quantitative estimate of drug-likeness (QED) is 0.163. The number of methoxy groups -OCH3 is 1. The summed E-state index contributed by atoms with van der Waals surface area (Å²) in [5.41, 5.74) is 9.35. The van der Waals surface area contributed by atoms with Gasteiger partial charge in [-0.1, -0.05) is 56.3 Å². The third-order valence-corrected chi connectivity index (χ3v) is 11.0. The van der Waals surface area contributed by atoms with Gasteiger partial charge in [0.1, 0.15) is 16.7 Å². The Labute approximate surface area is 290 Å². The van der Waals surface area contributed by atoms with E-state index in [0.717, 1.165) is 47.0 Å². The summed E-state index contributed by atoms with van der Waals surface area (Å²) in [6, 6.07) is 24.1. The number of rotatable bonds is 8. The summed E-state index contributed by atoms with van der Waals surface area (Å²) in [6.45, 7) is 5.04. The van der Waals surface area contributed by atoms with E-state index in [0.29, 0.717) is 42.1 Å². The minimum absolute atomic E-state index is 0.235. The van der Waals surface area contributed by atoms with E-state index in [9.17, 15) is 14.7 Å². The molecule has 0 saturated heterocycles. The van der Waals surface area contributed by atoms with Crippen molar-refractivity contribution in [2.45, 2.75) is 78.0 Å². The van der Waals surface area contributed by atoms with Crippen LogP contribution < -0.4 is 4.74 Å². The molecule has 8 heteroatoms. The summed E-state index contributed by atoms with van der Waals surface area (Å²) in [4.78, 5) is 26.6. The zero-order valence-electron chi connectivity index (χ0n) is 28.3. The third-order valence-electron chi connectivity index (χ3n) is 10.0. The molecule has 1 atom stereocenters. The van der Waals surface area contributed by atoms with Crippen molar-refractivity contribution >= 4 is 45.1 Å². The number of hydrogen-bond acceptors (Lipinski definition) is 5. The standard InChI is InChI=1S/C39H36N2O5S.C2H6/c1-45-36-16-8-12-29(38(42)43)31(36)23-41-34-15-7-4-11-28(34)30-21-25(17-18-35(30)41)46-39(44)37-24(19-20-47-37)22-40-32-13-5-2-9-26(32)27-10-3-6-14-33(27)40;1-2/h2,4-5,7-9,11-13,15-16,19-20,25H,3,6,10,14,17-18,21-23H2,1H3,(H,42,43);1-2H3. The van der Waals surface area contributed by atoms with Crippen molar-refractivity contribution in [3.63, 3.8) is 0 Å². The van der Waals surface area contributed by atoms with Crippen LogP contribution in [0.15, 0.2) is 78.2 Å². The monoisotopic (exact) mass is 674 g/mol. The van der Waals surface area contributed by atoms with Crippen molar-refractivity contribution < 1.29 is 24.2 Å². The number of carbonyl (C=O) groups is 2. The second-order valence-corrected chi connectivity index (χ2v) is 13.5. The summed E-state index contributed by atoms with van der Waals surface area (Å²) < 4.78 is 16.5. The van der Waals surface area contributed by atoms with Crippen LogP contribution in [0.1, 0.15) is 86.8 Å². The summed E-state index contributed by atoms with van der Waals surface area (Å²) in [7, 11) is 1.57. The number of fused-ring (bicyclic) bond motifs is 6. The van der Waals surface area contributed by atoms with Crippen LogP contribution in [0.3, 0.4) is 0 Å². The predicted octanol–water partition coefficient (Wildman–Crippen LogP) is 9.08. The third kappa shape index (κ3) is 5.92. The van der Waals surface area contributed by atoms with E-state index in [2.05, 4.69) is 51.6 Å². The molecule has 1 N–H and O–H groups in total. The Bertz CT molecular complexity index is 2170. The van der Waals surface area contributed by atoms with Crippen molar-refractivity contribution in [3.8, 4) is 5.75 Å². The average Bonchev–Trinajstić information content (AvgIpc) is 3.83. The van der Waals surface area contributed by atoms with Crippen LogP contribution in [-0.2, 0) is 43.5 Å². The Kier molecular flexibility index (Phi) is 9.32. The Morgan fingerprint density at radius 3 is 2.22 bits per heavy atom. The molecule has 0 bridgehead atoms. The largest absolute Gasteiger partial charge is 0.496 e. The fraction of sp³-hybridized carbons (Fsp3) is 0.317. The van der Waals surface area contributed by atoms with Crippen LogP contribution >= 0.6 is 11.3 Å². The first-order chi connectivity index (χ1) is 24.0. The SMILES string of the molecule is CC.COc1cccc(C(=O)O)c1Cn1c2c(c3ccccc31)CC(OC(=O)c1sccc1Cn1c3c(c4ccccc41)CCCC3)CC2. The molecule has 2 aliphatic rings. The first kappa shape index (κ1) is 32.7. The number of hydrogen-bond donors (Lipinski definition) is 1. The van der Waals surface area contributed by atoms with Crippen molar-refractivity contribution in [2.24, 2.45) is 0 Å². The Morgan fingerprint density at radius 2 is 1.49 bits per heavy atom. The molecule has 49 heavy (non-hydrogen) atoms. The highest BCUT2D eigenvalue weighted by atomic mass is 32.1. The van der Waals surface area contributed by atoms with Crippen molar-refractivity contribution in [1.29, 1.82) is 0 Å². The highest BCUT2D eigenvalue weighted by Gasteiger charge is 2.30. The van der Waals surface area contributed by atoms with E-state index in [-0.39, 0.29) is 17.6 Å². The molecule has 2 aliphatic carbocycles. The molecular formula is C41H42N2O5S. The van der Waals surface area contributed by atoms with Gasteiger partial charge in [-0.25, -0.2) is 9.59 Å². The zero-order chi connectivity index (χ0) is 34.1. The lowest BCUT2D eigenvalue weighted by Crippen LogP contribution is -2.26. The summed E-state index contributed by atoms with van der Waals surface area (Å²) in [5, 5.41) is 14.4. The first-order valence-corrected chi connectivity index (χ1v) is 18.2. The van der Waals surface area contributed by atoms with Gasteiger partial charge in [0.25, 0.3) is 0 Å². The molecule has 3 heterocycles. The lowest BCUT2D eigenvalue weighted by atomic mass is 9.93. The van der Waals surface area contributed by atoms with E-state index in [1.165, 1.54) is 46.3 Å². The second kappa shape index (κ2) is 14.0. The van der Waals surface area contributed by atoms with Crippen molar-refractivity contribution in [3.05, 3.63) is 122 Å². The van der Waals surface area contributed by atoms with E-state index in [1.54, 1.807) is 19.2 Å². The van der Waals surface area contributed by atoms with Crippen LogP contribution in [0, 0.1) is 0 Å². The average molecular weight is 675 g/mol. The number of esters is 1. The number of nitrogens with zero attached hydrogens (tertiary/aromatic N) is 2. The molecule has 8 rings (SSSR count). The zero-order valence-corrected chi connectivity index (χ0v) is 29.1. The van der Waals surface area contributed by atoms with Crippen LogP contribution in [0.25, 0.3) is 21.8 Å². The van der Waals surface area contributed by atoms with E-state index < -0.39 is 5.97 Å². The number of benzene rings is 3. The molecule has 1 unspecified atom stereocenters. The van der Waals surface area contributed by atoms with Gasteiger partial charge < -0.3 is 23.7 Å². The Hall–Kier alpha value is -4.82. The molecule has 3 aromatic carbocycles. The van der Waals surface area contributed by atoms with Gasteiger partial charge in [0.2, 0.25) is 0 Å². The predicted molar refractivity (Wildman–Crippen MR) is 196 cm³/mol. The van der Waals surface area contributed by atoms with Gasteiger partial charge in [-0.2, -0.15) is 0 Å². The number of aryl methyl sites for hydroxylation is 1. The summed E-state index contributed by atoms with van der Waals surface area (Å²) >= 11 is 1.46. The van der Waals surface area contributed by atoms with Gasteiger partial charge in [-0.05, 0) is 90.9 Å². The van der Waals surface area contributed by atoms with E-state index in [4.69, 9.17) is 9.47 Å². The maximum absolute atomic E-state index is 13.8. The smallest absolute Gasteiger partial charge is 0.348 e. The molecule has 3 aromatic heterocycles. The number of carboxylic acids is 1. The maximum atomic E-state index is 13.8. The topological polar surface area (TPSA) is 82.7 Å². The van der Waals surface area contributed by atoms with Gasteiger partial charge in [0, 0.05) is 51.7 Å². The number of carbonyl (C=O) groups excluding carboxylic acids is 1. The number of para-hydroxylation sites is 2. The summed E-state index contributed by atoms with van der Waals surface area (Å²) in [6.07, 6.45) is 6.39. The van der Waals surface area contributed by atoms with E-state index >= 15 is 0 Å². The highest BCUT2D eigenvalue weighted by Crippen LogP contribution is 2.37. The fourth-order valence-electron chi connectivity index (χ4n) is 7.91. The molecule has 0 amide bonds. The molecule has 0 aliphatic heterocycles. The molecule has 0 fully saturated rings. The van der Waals surface area contributed by atoms with Crippen LogP contribution in [0.5, 0.6) is 5.75 Å². The van der Waals surface area contributed by atoms with Crippen molar-refractivity contribution in [2.75, 3.05) is 7.11 Å².